The van der Waals surface area contributed by atoms with Gasteiger partial charge in [0.1, 0.15) is 6.29 Å². The van der Waals surface area contributed by atoms with Crippen molar-refractivity contribution in [1.29, 1.82) is 0 Å². The Hall–Kier alpha value is -0.120. The van der Waals surface area contributed by atoms with E-state index in [0.29, 0.717) is 3.92 Å². The molecule has 0 saturated carbocycles. The zero-order chi connectivity index (χ0) is 12.3. The van der Waals surface area contributed by atoms with Gasteiger partial charge in [-0.3, -0.25) is 4.79 Å². The van der Waals surface area contributed by atoms with Crippen molar-refractivity contribution in [2.45, 2.75) is 50.9 Å². The highest BCUT2D eigenvalue weighted by Gasteiger charge is 2.34. The van der Waals surface area contributed by atoms with Gasteiger partial charge in [0.05, 0.1) is 0 Å². The molecule has 0 fully saturated rings. The summed E-state index contributed by atoms with van der Waals surface area (Å²) in [6, 6.07) is 0. The number of allylic oxidation sites excluding steroid dienone is 4. The van der Waals surface area contributed by atoms with E-state index in [4.69, 9.17) is 0 Å². The van der Waals surface area contributed by atoms with Gasteiger partial charge < -0.3 is 0 Å². The van der Waals surface area contributed by atoms with Crippen molar-refractivity contribution in [2.75, 3.05) is 0 Å². The number of carbonyl (C=O) groups is 1. The number of hydrogen-bond donors (Lipinski definition) is 0. The van der Waals surface area contributed by atoms with Gasteiger partial charge in [0.2, 0.25) is 0 Å². The zero-order valence-corrected chi connectivity index (χ0v) is 12.8. The van der Waals surface area contributed by atoms with Crippen LogP contribution >= 0.6 is 22.6 Å². The predicted molar refractivity (Wildman–Crippen MR) is 78.0 cm³/mol. The van der Waals surface area contributed by atoms with Gasteiger partial charge in [-0.15, -0.1) is 0 Å². The number of alkyl halides is 1. The molecule has 0 spiro atoms. The molecule has 0 bridgehead atoms. The third kappa shape index (κ3) is 2.96. The van der Waals surface area contributed by atoms with Crippen molar-refractivity contribution in [3.05, 3.63) is 22.8 Å². The van der Waals surface area contributed by atoms with Crippen molar-refractivity contribution in [1.82, 2.24) is 0 Å². The van der Waals surface area contributed by atoms with Crippen LogP contribution < -0.4 is 0 Å². The van der Waals surface area contributed by atoms with E-state index in [0.717, 1.165) is 18.3 Å². The van der Waals surface area contributed by atoms with Crippen LogP contribution in [0.3, 0.4) is 0 Å². The molecule has 0 aromatic rings. The minimum absolute atomic E-state index is 0.266. The number of carbonyl (C=O) groups excluding carboxylic acids is 1. The van der Waals surface area contributed by atoms with Gasteiger partial charge in [-0.25, -0.2) is 0 Å². The summed E-state index contributed by atoms with van der Waals surface area (Å²) in [6.07, 6.45) is 6.41. The van der Waals surface area contributed by atoms with Crippen LogP contribution in [0.15, 0.2) is 22.8 Å². The lowest BCUT2D eigenvalue weighted by molar-refractivity contribution is -0.104. The first kappa shape index (κ1) is 13.9. The summed E-state index contributed by atoms with van der Waals surface area (Å²) >= 11 is 2.57. The molecule has 1 aliphatic carbocycles. The standard InChI is InChI=1S/C14H21IO/c1-10(9-16)5-7-12-11(2)6-8-13(15)14(12,3)4/h5,9,13H,6-8H2,1-4H3/b10-5+. The van der Waals surface area contributed by atoms with Crippen LogP contribution in [0.1, 0.15) is 47.0 Å². The number of aldehydes is 1. The molecule has 0 saturated heterocycles. The fourth-order valence-corrected chi connectivity index (χ4v) is 3.03. The molecule has 2 heteroatoms. The molecular weight excluding hydrogens is 311 g/mol. The van der Waals surface area contributed by atoms with Crippen LogP contribution in [0, 0.1) is 5.41 Å². The predicted octanol–water partition coefficient (Wildman–Crippen LogP) is 4.46. The van der Waals surface area contributed by atoms with Crippen LogP contribution in [0.4, 0.5) is 0 Å². The lowest BCUT2D eigenvalue weighted by atomic mass is 9.71. The van der Waals surface area contributed by atoms with E-state index in [1.54, 1.807) is 0 Å². The molecule has 1 unspecified atom stereocenters. The van der Waals surface area contributed by atoms with Crippen LogP contribution in [-0.4, -0.2) is 10.2 Å². The molecule has 0 N–H and O–H groups in total. The van der Waals surface area contributed by atoms with E-state index in [2.05, 4.69) is 49.4 Å². The van der Waals surface area contributed by atoms with Crippen molar-refractivity contribution >= 4 is 28.9 Å². The van der Waals surface area contributed by atoms with Crippen LogP contribution in [0.25, 0.3) is 0 Å². The quantitative estimate of drug-likeness (QED) is 0.245. The molecule has 0 aromatic heterocycles. The summed E-state index contributed by atoms with van der Waals surface area (Å²) < 4.78 is 0.703. The van der Waals surface area contributed by atoms with Gasteiger partial charge in [0.25, 0.3) is 0 Å². The monoisotopic (exact) mass is 332 g/mol. The second-order valence-corrected chi connectivity index (χ2v) is 6.76. The molecular formula is C14H21IO. The molecule has 0 amide bonds. The SMILES string of the molecule is CC1=C(C/C=C(\C)C=O)C(C)(C)C(I)CC1. The van der Waals surface area contributed by atoms with Gasteiger partial charge in [-0.1, -0.05) is 53.7 Å². The maximum Gasteiger partial charge on any atom is 0.145 e. The molecule has 0 radical (unpaired) electrons. The summed E-state index contributed by atoms with van der Waals surface area (Å²) in [4.78, 5) is 10.6. The first-order chi connectivity index (χ1) is 7.39. The fourth-order valence-electron chi connectivity index (χ4n) is 2.34. The van der Waals surface area contributed by atoms with Gasteiger partial charge in [-0.05, 0) is 44.1 Å². The lowest BCUT2D eigenvalue weighted by Crippen LogP contribution is -2.30. The van der Waals surface area contributed by atoms with Crippen LogP contribution in [0.5, 0.6) is 0 Å². The zero-order valence-electron chi connectivity index (χ0n) is 10.6. The van der Waals surface area contributed by atoms with Crippen molar-refractivity contribution in [3.8, 4) is 0 Å². The summed E-state index contributed by atoms with van der Waals surface area (Å²) in [5.41, 5.74) is 4.15. The third-order valence-electron chi connectivity index (χ3n) is 3.66. The minimum Gasteiger partial charge on any atom is -0.298 e. The molecule has 1 nitrogen and oxygen atoms in total. The highest BCUT2D eigenvalue weighted by molar-refractivity contribution is 14.1. The first-order valence-electron chi connectivity index (χ1n) is 5.84. The lowest BCUT2D eigenvalue weighted by Gasteiger charge is -2.39. The Bertz CT molecular complexity index is 337. The second-order valence-electron chi connectivity index (χ2n) is 5.26. The Morgan fingerprint density at radius 3 is 2.75 bits per heavy atom. The van der Waals surface area contributed by atoms with E-state index in [-0.39, 0.29) is 5.41 Å². The Morgan fingerprint density at radius 1 is 1.56 bits per heavy atom. The van der Waals surface area contributed by atoms with E-state index >= 15 is 0 Å². The number of rotatable bonds is 3. The average Bonchev–Trinajstić information content (AvgIpc) is 2.23. The van der Waals surface area contributed by atoms with Gasteiger partial charge >= 0.3 is 0 Å². The maximum absolute atomic E-state index is 10.6. The van der Waals surface area contributed by atoms with E-state index < -0.39 is 0 Å². The smallest absolute Gasteiger partial charge is 0.145 e. The number of halogens is 1. The molecule has 0 aliphatic heterocycles. The Morgan fingerprint density at radius 2 is 2.19 bits per heavy atom. The Labute approximate surface area is 113 Å². The van der Waals surface area contributed by atoms with Crippen molar-refractivity contribution < 1.29 is 4.79 Å². The maximum atomic E-state index is 10.6. The van der Waals surface area contributed by atoms with Crippen molar-refractivity contribution in [2.24, 2.45) is 5.41 Å². The molecule has 90 valence electrons. The van der Waals surface area contributed by atoms with Crippen LogP contribution in [0.2, 0.25) is 0 Å². The Kier molecular flexibility index (Phi) is 4.77. The third-order valence-corrected chi connectivity index (χ3v) is 5.84. The van der Waals surface area contributed by atoms with Crippen LogP contribution in [-0.2, 0) is 4.79 Å². The van der Waals surface area contributed by atoms with Gasteiger partial charge in [0.15, 0.2) is 0 Å². The average molecular weight is 332 g/mol. The largest absolute Gasteiger partial charge is 0.298 e. The molecule has 16 heavy (non-hydrogen) atoms. The Balaban J connectivity index is 2.94. The molecule has 1 rings (SSSR count). The van der Waals surface area contributed by atoms with E-state index in [9.17, 15) is 4.79 Å². The summed E-state index contributed by atoms with van der Waals surface area (Å²) in [5.74, 6) is 0. The highest BCUT2D eigenvalue weighted by Crippen LogP contribution is 2.45. The molecule has 1 aliphatic rings. The topological polar surface area (TPSA) is 17.1 Å². The van der Waals surface area contributed by atoms with Gasteiger partial charge in [-0.2, -0.15) is 0 Å². The van der Waals surface area contributed by atoms with Crippen molar-refractivity contribution in [3.63, 3.8) is 0 Å². The summed E-state index contributed by atoms with van der Waals surface area (Å²) in [7, 11) is 0. The molecule has 1 atom stereocenters. The van der Waals surface area contributed by atoms with E-state index in [1.807, 2.05) is 6.92 Å². The summed E-state index contributed by atoms with van der Waals surface area (Å²) in [5, 5.41) is 0. The number of hydrogen-bond acceptors (Lipinski definition) is 1. The van der Waals surface area contributed by atoms with Gasteiger partial charge in [0, 0.05) is 3.92 Å². The minimum atomic E-state index is 0.266. The fraction of sp³-hybridized carbons (Fsp3) is 0.643. The second kappa shape index (κ2) is 5.48. The molecule has 0 heterocycles. The first-order valence-corrected chi connectivity index (χ1v) is 7.09. The summed E-state index contributed by atoms with van der Waals surface area (Å²) in [6.45, 7) is 8.77. The normalized spacial score (nSPS) is 25.8. The highest BCUT2D eigenvalue weighted by atomic mass is 127. The molecule has 0 aromatic carbocycles. The van der Waals surface area contributed by atoms with E-state index in [1.165, 1.54) is 24.0 Å².